The first-order valence-corrected chi connectivity index (χ1v) is 8.59. The summed E-state index contributed by atoms with van der Waals surface area (Å²) in [4.78, 5) is 7.65. The molecule has 4 heteroatoms. The Morgan fingerprint density at radius 3 is 2.44 bits per heavy atom. The summed E-state index contributed by atoms with van der Waals surface area (Å²) in [7, 11) is 0. The molecule has 3 nitrogen and oxygen atoms in total. The van der Waals surface area contributed by atoms with Crippen molar-refractivity contribution in [2.45, 2.75) is 13.0 Å². The van der Waals surface area contributed by atoms with Crippen LogP contribution in [0.1, 0.15) is 22.9 Å². The van der Waals surface area contributed by atoms with Gasteiger partial charge < -0.3 is 10.3 Å². The molecule has 0 aliphatic carbocycles. The van der Waals surface area contributed by atoms with Crippen LogP contribution in [-0.4, -0.2) is 9.97 Å². The number of para-hydroxylation sites is 1. The fourth-order valence-corrected chi connectivity index (χ4v) is 3.39. The fraction of sp³-hybridized carbons (Fsp3) is 0.0952. The van der Waals surface area contributed by atoms with Crippen LogP contribution in [0, 0.1) is 6.92 Å². The van der Waals surface area contributed by atoms with Gasteiger partial charge in [0.05, 0.1) is 6.04 Å². The first-order valence-electron chi connectivity index (χ1n) is 8.21. The number of halogens is 1. The molecule has 0 fully saturated rings. The van der Waals surface area contributed by atoms with Crippen molar-refractivity contribution in [3.05, 3.63) is 94.9 Å². The van der Waals surface area contributed by atoms with Crippen LogP contribution in [0.25, 0.3) is 10.9 Å². The van der Waals surface area contributed by atoms with Gasteiger partial charge in [0.15, 0.2) is 0 Å². The van der Waals surface area contributed by atoms with Crippen LogP contribution in [-0.2, 0) is 0 Å². The summed E-state index contributed by atoms with van der Waals surface area (Å²) < 4.78 is 0. The molecule has 2 heterocycles. The second kappa shape index (κ2) is 6.61. The zero-order valence-corrected chi connectivity index (χ0v) is 14.6. The molecular formula is C21H18ClN3. The van der Waals surface area contributed by atoms with Gasteiger partial charge in [0.25, 0.3) is 0 Å². The van der Waals surface area contributed by atoms with E-state index in [-0.39, 0.29) is 6.04 Å². The van der Waals surface area contributed by atoms with E-state index in [0.717, 1.165) is 27.5 Å². The lowest BCUT2D eigenvalue weighted by atomic mass is 9.96. The number of nitrogens with one attached hydrogen (secondary N) is 2. The molecule has 0 amide bonds. The van der Waals surface area contributed by atoms with Crippen LogP contribution in [0.3, 0.4) is 0 Å². The van der Waals surface area contributed by atoms with Crippen molar-refractivity contribution in [3.63, 3.8) is 0 Å². The molecule has 0 aliphatic heterocycles. The van der Waals surface area contributed by atoms with E-state index in [1.165, 1.54) is 10.9 Å². The van der Waals surface area contributed by atoms with Crippen molar-refractivity contribution in [2.24, 2.45) is 0 Å². The maximum atomic E-state index is 6.03. The van der Waals surface area contributed by atoms with Crippen LogP contribution in [0.15, 0.2) is 73.1 Å². The Kier molecular flexibility index (Phi) is 4.16. The van der Waals surface area contributed by atoms with Gasteiger partial charge >= 0.3 is 0 Å². The lowest BCUT2D eigenvalue weighted by Crippen LogP contribution is -2.13. The van der Waals surface area contributed by atoms with E-state index >= 15 is 0 Å². The normalized spacial score (nSPS) is 12.2. The summed E-state index contributed by atoms with van der Waals surface area (Å²) in [6, 6.07) is 20.3. The molecule has 25 heavy (non-hydrogen) atoms. The Hall–Kier alpha value is -2.78. The number of benzene rings is 2. The Bertz CT molecular complexity index is 991. The quantitative estimate of drug-likeness (QED) is 0.495. The van der Waals surface area contributed by atoms with Gasteiger partial charge in [-0.3, -0.25) is 4.98 Å². The van der Waals surface area contributed by atoms with E-state index in [1.807, 2.05) is 36.7 Å². The molecular weight excluding hydrogens is 330 g/mol. The molecule has 0 unspecified atom stereocenters. The lowest BCUT2D eigenvalue weighted by molar-refractivity contribution is 0.928. The van der Waals surface area contributed by atoms with Gasteiger partial charge in [-0.15, -0.1) is 0 Å². The summed E-state index contributed by atoms with van der Waals surface area (Å²) in [5.74, 6) is 0. The highest BCUT2D eigenvalue weighted by atomic mass is 35.5. The molecule has 0 aliphatic rings. The smallest absolute Gasteiger partial charge is 0.0791 e. The minimum atomic E-state index is 0.0142. The number of hydrogen-bond donors (Lipinski definition) is 2. The van der Waals surface area contributed by atoms with Crippen molar-refractivity contribution in [1.82, 2.24) is 9.97 Å². The monoisotopic (exact) mass is 347 g/mol. The van der Waals surface area contributed by atoms with E-state index in [9.17, 15) is 0 Å². The SMILES string of the molecule is Cc1[nH]c2ccccc2c1[C@@H](Nc1ccc(Cl)cc1)c1ccncc1. The summed E-state index contributed by atoms with van der Waals surface area (Å²) in [6.07, 6.45) is 3.66. The third-order valence-corrected chi connectivity index (χ3v) is 4.68. The summed E-state index contributed by atoms with van der Waals surface area (Å²) in [5.41, 5.74) is 5.74. The van der Waals surface area contributed by atoms with E-state index in [2.05, 4.69) is 58.6 Å². The molecule has 2 aromatic carbocycles. The van der Waals surface area contributed by atoms with Crippen molar-refractivity contribution in [1.29, 1.82) is 0 Å². The zero-order chi connectivity index (χ0) is 17.2. The predicted molar refractivity (Wildman–Crippen MR) is 104 cm³/mol. The standard InChI is InChI=1S/C21H18ClN3/c1-14-20(18-4-2-3-5-19(18)24-14)21(15-10-12-23-13-11-15)25-17-8-6-16(22)7-9-17/h2-13,21,24-25H,1H3/t21-/m0/s1. The molecule has 4 aromatic rings. The van der Waals surface area contributed by atoms with Gasteiger partial charge in [-0.25, -0.2) is 0 Å². The van der Waals surface area contributed by atoms with Crippen LogP contribution in [0.2, 0.25) is 5.02 Å². The number of nitrogens with zero attached hydrogens (tertiary/aromatic N) is 1. The third kappa shape index (κ3) is 3.11. The largest absolute Gasteiger partial charge is 0.374 e. The highest BCUT2D eigenvalue weighted by molar-refractivity contribution is 6.30. The number of anilines is 1. The second-order valence-corrected chi connectivity index (χ2v) is 6.51. The number of pyridine rings is 1. The van der Waals surface area contributed by atoms with Gasteiger partial charge in [0, 0.05) is 45.3 Å². The van der Waals surface area contributed by atoms with Gasteiger partial charge in [-0.1, -0.05) is 29.8 Å². The number of aryl methyl sites for hydroxylation is 1. The second-order valence-electron chi connectivity index (χ2n) is 6.07. The van der Waals surface area contributed by atoms with Crippen molar-refractivity contribution in [2.75, 3.05) is 5.32 Å². The van der Waals surface area contributed by atoms with Crippen molar-refractivity contribution < 1.29 is 0 Å². The molecule has 4 rings (SSSR count). The Morgan fingerprint density at radius 1 is 0.960 bits per heavy atom. The number of rotatable bonds is 4. The van der Waals surface area contributed by atoms with Crippen LogP contribution < -0.4 is 5.32 Å². The van der Waals surface area contributed by atoms with E-state index in [0.29, 0.717) is 0 Å². The Morgan fingerprint density at radius 2 is 1.68 bits per heavy atom. The number of hydrogen-bond acceptors (Lipinski definition) is 2. The number of aromatic nitrogens is 2. The summed E-state index contributed by atoms with van der Waals surface area (Å²) in [6.45, 7) is 2.12. The lowest BCUT2D eigenvalue weighted by Gasteiger charge is -2.21. The molecule has 2 aromatic heterocycles. The number of aromatic amines is 1. The molecule has 0 bridgehead atoms. The summed E-state index contributed by atoms with van der Waals surface area (Å²) >= 11 is 6.03. The van der Waals surface area contributed by atoms with Gasteiger partial charge in [0.1, 0.15) is 0 Å². The van der Waals surface area contributed by atoms with Gasteiger partial charge in [-0.2, -0.15) is 0 Å². The minimum absolute atomic E-state index is 0.0142. The van der Waals surface area contributed by atoms with Gasteiger partial charge in [0.2, 0.25) is 0 Å². The van der Waals surface area contributed by atoms with Crippen LogP contribution in [0.4, 0.5) is 5.69 Å². The minimum Gasteiger partial charge on any atom is -0.374 e. The number of H-pyrrole nitrogens is 1. The molecule has 124 valence electrons. The first kappa shape index (κ1) is 15.7. The molecule has 0 spiro atoms. The highest BCUT2D eigenvalue weighted by Crippen LogP contribution is 2.34. The van der Waals surface area contributed by atoms with E-state index in [4.69, 9.17) is 11.6 Å². The van der Waals surface area contributed by atoms with E-state index < -0.39 is 0 Å². The Balaban J connectivity index is 1.85. The third-order valence-electron chi connectivity index (χ3n) is 4.43. The fourth-order valence-electron chi connectivity index (χ4n) is 3.26. The van der Waals surface area contributed by atoms with Crippen molar-refractivity contribution >= 4 is 28.2 Å². The average Bonchev–Trinajstić information content (AvgIpc) is 2.98. The number of fused-ring (bicyclic) bond motifs is 1. The molecule has 0 saturated heterocycles. The molecule has 1 atom stereocenters. The first-order chi connectivity index (χ1) is 12.2. The van der Waals surface area contributed by atoms with Crippen molar-refractivity contribution in [3.8, 4) is 0 Å². The molecule has 0 saturated carbocycles. The maximum absolute atomic E-state index is 6.03. The van der Waals surface area contributed by atoms with Crippen LogP contribution in [0.5, 0.6) is 0 Å². The molecule has 2 N–H and O–H groups in total. The van der Waals surface area contributed by atoms with Gasteiger partial charge in [-0.05, 0) is 55.0 Å². The molecule has 0 radical (unpaired) electrons. The zero-order valence-electron chi connectivity index (χ0n) is 13.8. The predicted octanol–water partition coefficient (Wildman–Crippen LogP) is 5.73. The topological polar surface area (TPSA) is 40.7 Å². The van der Waals surface area contributed by atoms with Crippen LogP contribution >= 0.6 is 11.6 Å². The van der Waals surface area contributed by atoms with E-state index in [1.54, 1.807) is 0 Å². The average molecular weight is 348 g/mol. The Labute approximate surface area is 151 Å². The maximum Gasteiger partial charge on any atom is 0.0791 e. The summed E-state index contributed by atoms with van der Waals surface area (Å²) in [5, 5.41) is 5.61. The highest BCUT2D eigenvalue weighted by Gasteiger charge is 2.20.